The predicted molar refractivity (Wildman–Crippen MR) is 80.9 cm³/mol. The van der Waals surface area contributed by atoms with Gasteiger partial charge in [-0.2, -0.15) is 0 Å². The van der Waals surface area contributed by atoms with Crippen LogP contribution in [0.25, 0.3) is 22.2 Å². The van der Waals surface area contributed by atoms with E-state index in [1.54, 1.807) is 0 Å². The Morgan fingerprint density at radius 1 is 1.00 bits per heavy atom. The highest BCUT2D eigenvalue weighted by Crippen LogP contribution is 2.28. The third-order valence-corrected chi connectivity index (χ3v) is 3.70. The molecule has 1 nitrogen and oxygen atoms in total. The van der Waals surface area contributed by atoms with Gasteiger partial charge in [0.1, 0.15) is 0 Å². The van der Waals surface area contributed by atoms with E-state index in [9.17, 15) is 0 Å². The number of hydrogen-bond donors (Lipinski definition) is 1. The van der Waals surface area contributed by atoms with Crippen molar-refractivity contribution in [3.05, 3.63) is 58.1 Å². The number of nitrogens with one attached hydrogen (secondary N) is 1. The molecule has 0 unspecified atom stereocenters. The van der Waals surface area contributed by atoms with Gasteiger partial charge in [0.15, 0.2) is 0 Å². The molecule has 0 aliphatic carbocycles. The van der Waals surface area contributed by atoms with E-state index >= 15 is 0 Å². The summed E-state index contributed by atoms with van der Waals surface area (Å²) < 4.78 is 1.10. The number of hydrogen-bond acceptors (Lipinski definition) is 0. The fourth-order valence-corrected chi connectivity index (χ4v) is 2.82. The normalized spacial score (nSPS) is 11.1. The van der Waals surface area contributed by atoms with Crippen LogP contribution in [0.15, 0.2) is 46.9 Å². The van der Waals surface area contributed by atoms with Gasteiger partial charge < -0.3 is 4.98 Å². The average molecular weight is 300 g/mol. The first-order valence-electron chi connectivity index (χ1n) is 5.99. The minimum Gasteiger partial charge on any atom is -0.354 e. The molecule has 3 aromatic rings. The second-order valence-corrected chi connectivity index (χ2v) is 5.66. The number of aromatic amines is 1. The van der Waals surface area contributed by atoms with Crippen LogP contribution in [-0.2, 0) is 0 Å². The molecule has 2 aromatic carbocycles. The van der Waals surface area contributed by atoms with E-state index in [2.05, 4.69) is 71.2 Å². The number of rotatable bonds is 1. The molecular weight excluding hydrogens is 286 g/mol. The summed E-state index contributed by atoms with van der Waals surface area (Å²) in [5.74, 6) is 0. The summed E-state index contributed by atoms with van der Waals surface area (Å²) in [6.45, 7) is 4.29. The topological polar surface area (TPSA) is 15.8 Å². The van der Waals surface area contributed by atoms with Gasteiger partial charge >= 0.3 is 0 Å². The maximum absolute atomic E-state index is 3.52. The van der Waals surface area contributed by atoms with E-state index in [1.165, 1.54) is 33.3 Å². The van der Waals surface area contributed by atoms with E-state index in [1.807, 2.05) is 6.07 Å². The monoisotopic (exact) mass is 299 g/mol. The molecule has 90 valence electrons. The van der Waals surface area contributed by atoms with Crippen LogP contribution in [0.5, 0.6) is 0 Å². The highest BCUT2D eigenvalue weighted by Gasteiger charge is 2.06. The van der Waals surface area contributed by atoms with Crippen molar-refractivity contribution >= 4 is 26.8 Å². The molecule has 3 rings (SSSR count). The first kappa shape index (κ1) is 11.5. The lowest BCUT2D eigenvalue weighted by molar-refractivity contribution is 1.38. The zero-order valence-corrected chi connectivity index (χ0v) is 12.0. The molecule has 0 aliphatic rings. The summed E-state index contributed by atoms with van der Waals surface area (Å²) in [5.41, 5.74) is 6.21. The lowest BCUT2D eigenvalue weighted by atomic mass is 10.1. The van der Waals surface area contributed by atoms with Crippen LogP contribution in [0.1, 0.15) is 11.1 Å². The van der Waals surface area contributed by atoms with Gasteiger partial charge in [-0.05, 0) is 49.2 Å². The Balaban J connectivity index is 2.22. The zero-order valence-electron chi connectivity index (χ0n) is 10.4. The smallest absolute Gasteiger partial charge is 0.0488 e. The Labute approximate surface area is 115 Å². The van der Waals surface area contributed by atoms with E-state index < -0.39 is 0 Å². The summed E-state index contributed by atoms with van der Waals surface area (Å²) in [7, 11) is 0. The molecule has 2 heteroatoms. The Kier molecular flexibility index (Phi) is 2.75. The van der Waals surface area contributed by atoms with Gasteiger partial charge in [0.25, 0.3) is 0 Å². The second kappa shape index (κ2) is 4.29. The first-order chi connectivity index (χ1) is 8.63. The molecule has 1 aromatic heterocycles. The zero-order chi connectivity index (χ0) is 12.7. The van der Waals surface area contributed by atoms with Crippen molar-refractivity contribution in [2.45, 2.75) is 13.8 Å². The van der Waals surface area contributed by atoms with Crippen LogP contribution in [-0.4, -0.2) is 4.98 Å². The number of fused-ring (bicyclic) bond motifs is 1. The first-order valence-corrected chi connectivity index (χ1v) is 6.79. The third-order valence-electron chi connectivity index (χ3n) is 3.21. The number of H-pyrrole nitrogens is 1. The summed E-state index contributed by atoms with van der Waals surface area (Å²) in [6.07, 6.45) is 0. The molecule has 0 spiro atoms. The molecule has 18 heavy (non-hydrogen) atoms. The van der Waals surface area contributed by atoms with Gasteiger partial charge in [-0.1, -0.05) is 39.7 Å². The molecule has 1 N–H and O–H groups in total. The maximum Gasteiger partial charge on any atom is 0.0488 e. The van der Waals surface area contributed by atoms with Crippen molar-refractivity contribution in [3.63, 3.8) is 0 Å². The summed E-state index contributed by atoms with van der Waals surface area (Å²) >= 11 is 3.52. The number of aromatic nitrogens is 1. The second-order valence-electron chi connectivity index (χ2n) is 4.74. The summed E-state index contributed by atoms with van der Waals surface area (Å²) in [6, 6.07) is 15.0. The highest BCUT2D eigenvalue weighted by atomic mass is 79.9. The van der Waals surface area contributed by atoms with Crippen molar-refractivity contribution in [3.8, 4) is 11.3 Å². The quantitative estimate of drug-likeness (QED) is 0.634. The van der Waals surface area contributed by atoms with Gasteiger partial charge in [0, 0.05) is 21.1 Å². The van der Waals surface area contributed by atoms with Crippen LogP contribution in [0.4, 0.5) is 0 Å². The van der Waals surface area contributed by atoms with Gasteiger partial charge in [0.2, 0.25) is 0 Å². The fraction of sp³-hybridized carbons (Fsp3) is 0.125. The average Bonchev–Trinajstić information content (AvgIpc) is 2.73. The van der Waals surface area contributed by atoms with Crippen molar-refractivity contribution in [1.29, 1.82) is 0 Å². The molecule has 0 aliphatic heterocycles. The standard InChI is InChI=1S/C16H14BrN/c1-10-6-11(2)16-13(7-10)9-15(18-16)12-4-3-5-14(17)8-12/h3-9,18H,1-2H3. The van der Waals surface area contributed by atoms with Gasteiger partial charge in [-0.15, -0.1) is 0 Å². The SMILES string of the molecule is Cc1cc(C)c2[nH]c(-c3cccc(Br)c3)cc2c1. The van der Waals surface area contributed by atoms with Gasteiger partial charge in [-0.25, -0.2) is 0 Å². The molecule has 0 bridgehead atoms. The Morgan fingerprint density at radius 2 is 1.83 bits per heavy atom. The number of aryl methyl sites for hydroxylation is 2. The lowest BCUT2D eigenvalue weighted by Gasteiger charge is -1.99. The molecule has 1 heterocycles. The van der Waals surface area contributed by atoms with Crippen LogP contribution >= 0.6 is 15.9 Å². The summed E-state index contributed by atoms with van der Waals surface area (Å²) in [5, 5.41) is 1.28. The number of halogens is 1. The van der Waals surface area contributed by atoms with Crippen LogP contribution in [0.2, 0.25) is 0 Å². The molecule has 0 fully saturated rings. The molecular formula is C16H14BrN. The highest BCUT2D eigenvalue weighted by molar-refractivity contribution is 9.10. The largest absolute Gasteiger partial charge is 0.354 e. The van der Waals surface area contributed by atoms with Gasteiger partial charge in [-0.3, -0.25) is 0 Å². The summed E-state index contributed by atoms with van der Waals surface area (Å²) in [4.78, 5) is 3.51. The van der Waals surface area contributed by atoms with Crippen molar-refractivity contribution in [2.75, 3.05) is 0 Å². The molecule has 0 saturated heterocycles. The predicted octanol–water partition coefficient (Wildman–Crippen LogP) is 5.21. The Morgan fingerprint density at radius 3 is 2.61 bits per heavy atom. The lowest BCUT2D eigenvalue weighted by Crippen LogP contribution is -1.80. The molecule has 0 saturated carbocycles. The maximum atomic E-state index is 3.52. The Hall–Kier alpha value is -1.54. The van der Waals surface area contributed by atoms with Crippen LogP contribution in [0, 0.1) is 13.8 Å². The minimum absolute atomic E-state index is 1.10. The van der Waals surface area contributed by atoms with Gasteiger partial charge in [0.05, 0.1) is 0 Å². The van der Waals surface area contributed by atoms with E-state index in [-0.39, 0.29) is 0 Å². The van der Waals surface area contributed by atoms with Crippen molar-refractivity contribution < 1.29 is 0 Å². The molecule has 0 radical (unpaired) electrons. The van der Waals surface area contributed by atoms with E-state index in [0.29, 0.717) is 0 Å². The minimum atomic E-state index is 1.10. The van der Waals surface area contributed by atoms with Crippen LogP contribution in [0.3, 0.4) is 0 Å². The van der Waals surface area contributed by atoms with Crippen molar-refractivity contribution in [1.82, 2.24) is 4.98 Å². The molecule has 0 amide bonds. The van der Waals surface area contributed by atoms with Crippen LogP contribution < -0.4 is 0 Å². The fourth-order valence-electron chi connectivity index (χ4n) is 2.42. The van der Waals surface area contributed by atoms with E-state index in [0.717, 1.165) is 4.47 Å². The Bertz CT molecular complexity index is 725. The van der Waals surface area contributed by atoms with Crippen molar-refractivity contribution in [2.24, 2.45) is 0 Å². The van der Waals surface area contributed by atoms with E-state index in [4.69, 9.17) is 0 Å². The number of benzene rings is 2. The molecule has 0 atom stereocenters. The third kappa shape index (κ3) is 1.97.